The van der Waals surface area contributed by atoms with Crippen molar-refractivity contribution in [2.75, 3.05) is 26.3 Å². The Morgan fingerprint density at radius 1 is 0.676 bits per heavy atom. The van der Waals surface area contributed by atoms with Crippen LogP contribution >= 0.6 is 0 Å². The van der Waals surface area contributed by atoms with Gasteiger partial charge in [-0.25, -0.2) is 4.68 Å². The first-order valence-electron chi connectivity index (χ1n) is 13.0. The van der Waals surface area contributed by atoms with Crippen LogP contribution in [0.2, 0.25) is 0 Å². The van der Waals surface area contributed by atoms with Crippen molar-refractivity contribution in [2.24, 2.45) is 0 Å². The highest BCUT2D eigenvalue weighted by Crippen LogP contribution is 2.38. The van der Waals surface area contributed by atoms with E-state index >= 15 is 0 Å². The van der Waals surface area contributed by atoms with Crippen LogP contribution in [0.3, 0.4) is 0 Å². The normalized spacial score (nSPS) is 16.4. The van der Waals surface area contributed by atoms with E-state index in [-0.39, 0.29) is 12.2 Å². The molecule has 6 aromatic rings. The van der Waals surface area contributed by atoms with Crippen LogP contribution in [0.1, 0.15) is 24.2 Å². The monoisotopic (exact) mass is 487 g/mol. The van der Waals surface area contributed by atoms with Crippen LogP contribution in [0.4, 0.5) is 0 Å². The fourth-order valence-electron chi connectivity index (χ4n) is 5.96. The molecule has 2 unspecified atom stereocenters. The zero-order chi connectivity index (χ0) is 24.6. The van der Waals surface area contributed by atoms with Crippen LogP contribution in [-0.4, -0.2) is 50.8 Å². The van der Waals surface area contributed by atoms with E-state index in [1.165, 1.54) is 27.4 Å². The summed E-state index contributed by atoms with van der Waals surface area (Å²) in [5.74, 6) is 0. The average Bonchev–Trinajstić information content (AvgIpc) is 3.55. The summed E-state index contributed by atoms with van der Waals surface area (Å²) in [5.41, 5.74) is 5.70. The van der Waals surface area contributed by atoms with E-state index in [4.69, 9.17) is 9.95 Å². The fourth-order valence-corrected chi connectivity index (χ4v) is 5.96. The molecular weight excluding hydrogens is 458 g/mol. The van der Waals surface area contributed by atoms with Crippen molar-refractivity contribution in [3.8, 4) is 0 Å². The van der Waals surface area contributed by atoms with E-state index < -0.39 is 0 Å². The lowest BCUT2D eigenvalue weighted by molar-refractivity contribution is 0.0100. The molecule has 0 radical (unpaired) electrons. The number of nitrogens with zero attached hydrogens (tertiary/aromatic N) is 5. The highest BCUT2D eigenvalue weighted by molar-refractivity contribution is 6.08. The summed E-state index contributed by atoms with van der Waals surface area (Å²) in [5, 5.41) is 11.8. The van der Waals surface area contributed by atoms with Gasteiger partial charge in [-0.3, -0.25) is 4.90 Å². The van der Waals surface area contributed by atoms with E-state index in [0.29, 0.717) is 0 Å². The lowest BCUT2D eigenvalue weighted by atomic mass is 9.99. The minimum Gasteiger partial charge on any atom is -0.379 e. The molecule has 1 aliphatic heterocycles. The third kappa shape index (κ3) is 3.89. The molecule has 2 atom stereocenters. The summed E-state index contributed by atoms with van der Waals surface area (Å²) in [6, 6.07) is 36.8. The molecule has 1 fully saturated rings. The molecule has 3 heterocycles. The molecule has 0 bridgehead atoms. The molecule has 1 aliphatic rings. The van der Waals surface area contributed by atoms with E-state index in [9.17, 15) is 0 Å². The van der Waals surface area contributed by atoms with Gasteiger partial charge in [0.1, 0.15) is 11.7 Å². The summed E-state index contributed by atoms with van der Waals surface area (Å²) in [6.45, 7) is 3.35. The van der Waals surface area contributed by atoms with Gasteiger partial charge in [-0.05, 0) is 29.8 Å². The van der Waals surface area contributed by atoms with Gasteiger partial charge in [-0.15, -0.1) is 5.10 Å². The highest BCUT2D eigenvalue weighted by atomic mass is 16.5. The van der Waals surface area contributed by atoms with Crippen molar-refractivity contribution in [3.05, 3.63) is 109 Å². The maximum Gasteiger partial charge on any atom is 0.131 e. The highest BCUT2D eigenvalue weighted by Gasteiger charge is 2.30. The number of hydrogen-bond acceptors (Lipinski definition) is 4. The Hall–Kier alpha value is -4.00. The predicted molar refractivity (Wildman–Crippen MR) is 148 cm³/mol. The van der Waals surface area contributed by atoms with Crippen molar-refractivity contribution in [1.82, 2.24) is 24.5 Å². The molecule has 2 aromatic heterocycles. The second-order valence-corrected chi connectivity index (χ2v) is 9.72. The van der Waals surface area contributed by atoms with Gasteiger partial charge >= 0.3 is 0 Å². The molecule has 0 saturated carbocycles. The van der Waals surface area contributed by atoms with Crippen molar-refractivity contribution in [3.63, 3.8) is 0 Å². The third-order valence-corrected chi connectivity index (χ3v) is 7.68. The zero-order valence-corrected chi connectivity index (χ0v) is 20.6. The Labute approximate surface area is 215 Å². The van der Waals surface area contributed by atoms with Gasteiger partial charge in [0, 0.05) is 36.3 Å². The number of benzene rings is 4. The van der Waals surface area contributed by atoms with Gasteiger partial charge in [0.05, 0.1) is 29.8 Å². The lowest BCUT2D eigenvalue weighted by Crippen LogP contribution is -2.40. The van der Waals surface area contributed by atoms with E-state index in [1.54, 1.807) is 0 Å². The number of morpholine rings is 1. The molecule has 37 heavy (non-hydrogen) atoms. The third-order valence-electron chi connectivity index (χ3n) is 7.68. The van der Waals surface area contributed by atoms with E-state index in [1.807, 2.05) is 12.1 Å². The van der Waals surface area contributed by atoms with E-state index in [2.05, 4.69) is 110 Å². The Morgan fingerprint density at radius 2 is 1.27 bits per heavy atom. The Morgan fingerprint density at radius 3 is 1.97 bits per heavy atom. The largest absolute Gasteiger partial charge is 0.379 e. The van der Waals surface area contributed by atoms with Gasteiger partial charge in [-0.1, -0.05) is 84.1 Å². The van der Waals surface area contributed by atoms with Crippen molar-refractivity contribution < 1.29 is 4.74 Å². The van der Waals surface area contributed by atoms with Crippen LogP contribution in [0.15, 0.2) is 103 Å². The molecular formula is C31H29N5O. The number of ether oxygens (including phenoxy) is 1. The topological polar surface area (TPSA) is 48.1 Å². The van der Waals surface area contributed by atoms with Crippen LogP contribution in [-0.2, 0) is 4.74 Å². The van der Waals surface area contributed by atoms with Gasteiger partial charge in [0.15, 0.2) is 0 Å². The summed E-state index contributed by atoms with van der Waals surface area (Å²) in [4.78, 5) is 2.57. The van der Waals surface area contributed by atoms with Crippen molar-refractivity contribution in [1.29, 1.82) is 0 Å². The van der Waals surface area contributed by atoms with Gasteiger partial charge in [-0.2, -0.15) is 0 Å². The lowest BCUT2D eigenvalue weighted by Gasteiger charge is -2.37. The molecule has 1 saturated heterocycles. The number of rotatable bonds is 6. The molecule has 0 aliphatic carbocycles. The van der Waals surface area contributed by atoms with Crippen molar-refractivity contribution in [2.45, 2.75) is 18.6 Å². The average molecular weight is 488 g/mol. The molecule has 4 aromatic carbocycles. The molecule has 0 amide bonds. The summed E-state index contributed by atoms with van der Waals surface area (Å²) in [6.07, 6.45) is 0.769. The maximum atomic E-state index is 5.73. The van der Waals surface area contributed by atoms with Gasteiger partial charge < -0.3 is 9.30 Å². The van der Waals surface area contributed by atoms with Crippen LogP contribution < -0.4 is 0 Å². The molecule has 7 rings (SSSR count). The molecule has 184 valence electrons. The standard InChI is InChI=1S/C31H29N5O/c1-2-10-23(11-3-1)30(34-18-20-37-21-19-34)22-31(36-29-17-9-6-14-26(29)32-33-36)35-27-15-7-4-12-24(27)25-13-5-8-16-28(25)35/h1-17,30-31H,18-22H2. The summed E-state index contributed by atoms with van der Waals surface area (Å²) in [7, 11) is 0. The molecule has 6 heteroatoms. The van der Waals surface area contributed by atoms with E-state index in [0.717, 1.165) is 43.8 Å². The molecule has 0 spiro atoms. The smallest absolute Gasteiger partial charge is 0.131 e. The first kappa shape index (κ1) is 22.2. The fraction of sp³-hybridized carbons (Fsp3) is 0.226. The minimum absolute atomic E-state index is 0.0785. The van der Waals surface area contributed by atoms with Gasteiger partial charge in [0.25, 0.3) is 0 Å². The Balaban J connectivity index is 1.46. The Bertz CT molecular complexity index is 1610. The van der Waals surface area contributed by atoms with Crippen molar-refractivity contribution >= 4 is 32.8 Å². The number of para-hydroxylation sites is 3. The predicted octanol–water partition coefficient (Wildman–Crippen LogP) is 6.05. The summed E-state index contributed by atoms with van der Waals surface area (Å²) >= 11 is 0. The maximum absolute atomic E-state index is 5.73. The van der Waals surface area contributed by atoms with Gasteiger partial charge in [0.2, 0.25) is 0 Å². The molecule has 0 N–H and O–H groups in total. The number of fused-ring (bicyclic) bond motifs is 4. The summed E-state index contributed by atoms with van der Waals surface area (Å²) < 4.78 is 10.3. The number of hydrogen-bond donors (Lipinski definition) is 0. The quantitative estimate of drug-likeness (QED) is 0.287. The second kappa shape index (κ2) is 9.47. The SMILES string of the molecule is c1ccc(C(CC(n2nnc3ccccc32)n2c3ccccc3c3ccccc32)N2CCOCC2)cc1. The second-order valence-electron chi connectivity index (χ2n) is 9.72. The van der Waals surface area contributed by atoms with Crippen LogP contribution in [0.25, 0.3) is 32.8 Å². The minimum atomic E-state index is -0.0785. The first-order chi connectivity index (χ1) is 18.4. The molecule has 6 nitrogen and oxygen atoms in total. The zero-order valence-electron chi connectivity index (χ0n) is 20.6. The first-order valence-corrected chi connectivity index (χ1v) is 13.0. The Kier molecular flexibility index (Phi) is 5.68. The number of aromatic nitrogens is 4. The van der Waals surface area contributed by atoms with Crippen LogP contribution in [0, 0.1) is 0 Å². The van der Waals surface area contributed by atoms with Crippen LogP contribution in [0.5, 0.6) is 0 Å².